The van der Waals surface area contributed by atoms with E-state index in [9.17, 15) is 4.79 Å². The highest BCUT2D eigenvalue weighted by Crippen LogP contribution is 2.15. The summed E-state index contributed by atoms with van der Waals surface area (Å²) in [5.41, 5.74) is 9.21. The maximum absolute atomic E-state index is 12.3. The van der Waals surface area contributed by atoms with Crippen LogP contribution in [0.1, 0.15) is 12.8 Å². The van der Waals surface area contributed by atoms with Crippen molar-refractivity contribution in [1.82, 2.24) is 4.90 Å². The van der Waals surface area contributed by atoms with Crippen LogP contribution in [0.2, 0.25) is 0 Å². The number of methoxy groups -OCH3 is 1. The van der Waals surface area contributed by atoms with Gasteiger partial charge in [-0.2, -0.15) is 5.10 Å². The number of benzene rings is 1. The van der Waals surface area contributed by atoms with E-state index in [4.69, 9.17) is 22.7 Å². The number of thiocarbonyl (C=S) groups is 1. The minimum atomic E-state index is -0.221. The van der Waals surface area contributed by atoms with Gasteiger partial charge in [-0.25, -0.2) is 0 Å². The van der Waals surface area contributed by atoms with Gasteiger partial charge < -0.3 is 15.4 Å². The van der Waals surface area contributed by atoms with Gasteiger partial charge in [0.25, 0.3) is 5.91 Å². The van der Waals surface area contributed by atoms with Gasteiger partial charge in [0, 0.05) is 13.1 Å². The standard InChI is InChI=1S/C14H18N4O2S/c1-20-11-6-4-10(5-7-11)16-17-12(13(15)21)14(19)18-8-2-3-9-18/h4-7,16H,2-3,8-9H2,1H3,(H2,15,21)/b17-12-. The number of carbonyl (C=O) groups excluding carboxylic acids is 1. The molecule has 1 aliphatic heterocycles. The highest BCUT2D eigenvalue weighted by atomic mass is 32.1. The number of nitrogens with two attached hydrogens (primary N) is 1. The lowest BCUT2D eigenvalue weighted by Crippen LogP contribution is -2.40. The number of carbonyl (C=O) groups is 1. The van der Waals surface area contributed by atoms with Crippen LogP contribution in [0.25, 0.3) is 0 Å². The molecule has 0 saturated carbocycles. The highest BCUT2D eigenvalue weighted by Gasteiger charge is 2.24. The number of ether oxygens (including phenoxy) is 1. The Labute approximate surface area is 128 Å². The van der Waals surface area contributed by atoms with Crippen LogP contribution in [0.3, 0.4) is 0 Å². The predicted molar refractivity (Wildman–Crippen MR) is 86.7 cm³/mol. The Balaban J connectivity index is 2.09. The molecule has 6 nitrogen and oxygen atoms in total. The Morgan fingerprint density at radius 2 is 1.95 bits per heavy atom. The molecule has 3 N–H and O–H groups in total. The lowest BCUT2D eigenvalue weighted by Gasteiger charge is -2.16. The van der Waals surface area contributed by atoms with E-state index in [0.29, 0.717) is 0 Å². The van der Waals surface area contributed by atoms with E-state index in [2.05, 4.69) is 10.5 Å². The third-order valence-corrected chi connectivity index (χ3v) is 3.41. The average Bonchev–Trinajstić information content (AvgIpc) is 3.02. The van der Waals surface area contributed by atoms with Crippen molar-refractivity contribution in [2.24, 2.45) is 10.8 Å². The Kier molecular flexibility index (Phi) is 5.10. The highest BCUT2D eigenvalue weighted by molar-refractivity contribution is 7.82. The van der Waals surface area contributed by atoms with Crippen LogP contribution in [-0.4, -0.2) is 41.7 Å². The summed E-state index contributed by atoms with van der Waals surface area (Å²) in [7, 11) is 1.60. The second-order valence-electron chi connectivity index (χ2n) is 4.66. The molecule has 0 bridgehead atoms. The van der Waals surface area contributed by atoms with Crippen LogP contribution in [0, 0.1) is 0 Å². The van der Waals surface area contributed by atoms with E-state index < -0.39 is 0 Å². The van der Waals surface area contributed by atoms with Crippen LogP contribution in [-0.2, 0) is 4.79 Å². The Bertz CT molecular complexity index is 551. The summed E-state index contributed by atoms with van der Waals surface area (Å²) in [6, 6.07) is 7.17. The number of rotatable bonds is 5. The number of hydrazone groups is 1. The molecule has 0 aromatic heterocycles. The van der Waals surface area contributed by atoms with Gasteiger partial charge >= 0.3 is 0 Å². The molecule has 2 rings (SSSR count). The molecular weight excluding hydrogens is 288 g/mol. The van der Waals surface area contributed by atoms with Crippen molar-refractivity contribution >= 4 is 34.5 Å². The van der Waals surface area contributed by atoms with Crippen molar-refractivity contribution < 1.29 is 9.53 Å². The van der Waals surface area contributed by atoms with Crippen molar-refractivity contribution in [3.63, 3.8) is 0 Å². The predicted octanol–water partition coefficient (Wildman–Crippen LogP) is 1.37. The second-order valence-corrected chi connectivity index (χ2v) is 5.10. The van der Waals surface area contributed by atoms with Gasteiger partial charge in [-0.15, -0.1) is 0 Å². The fourth-order valence-corrected chi connectivity index (χ4v) is 2.20. The monoisotopic (exact) mass is 306 g/mol. The van der Waals surface area contributed by atoms with Gasteiger partial charge in [0.05, 0.1) is 12.8 Å². The van der Waals surface area contributed by atoms with E-state index in [1.807, 2.05) is 0 Å². The van der Waals surface area contributed by atoms with Crippen molar-refractivity contribution in [2.75, 3.05) is 25.6 Å². The van der Waals surface area contributed by atoms with E-state index in [-0.39, 0.29) is 16.6 Å². The summed E-state index contributed by atoms with van der Waals surface area (Å²) in [5.74, 6) is 0.522. The minimum absolute atomic E-state index is 0.00656. The summed E-state index contributed by atoms with van der Waals surface area (Å²) >= 11 is 4.92. The number of likely N-dealkylation sites (tertiary alicyclic amines) is 1. The quantitative estimate of drug-likeness (QED) is 0.488. The van der Waals surface area contributed by atoms with Crippen LogP contribution in [0.5, 0.6) is 5.75 Å². The lowest BCUT2D eigenvalue weighted by molar-refractivity contribution is -0.122. The molecule has 1 saturated heterocycles. The molecule has 112 valence electrons. The lowest BCUT2D eigenvalue weighted by atomic mass is 10.3. The molecule has 0 radical (unpaired) electrons. The second kappa shape index (κ2) is 7.03. The van der Waals surface area contributed by atoms with Crippen molar-refractivity contribution in [2.45, 2.75) is 12.8 Å². The number of nitrogens with one attached hydrogen (secondary N) is 1. The zero-order valence-electron chi connectivity index (χ0n) is 11.8. The van der Waals surface area contributed by atoms with Gasteiger partial charge in [0.15, 0.2) is 5.71 Å². The summed E-state index contributed by atoms with van der Waals surface area (Å²) in [5, 5.41) is 4.06. The molecule has 1 heterocycles. The molecule has 1 fully saturated rings. The first-order valence-corrected chi connectivity index (χ1v) is 7.09. The van der Waals surface area contributed by atoms with Gasteiger partial charge in [-0.05, 0) is 37.1 Å². The van der Waals surface area contributed by atoms with Crippen LogP contribution < -0.4 is 15.9 Å². The summed E-state index contributed by atoms with van der Waals surface area (Å²) < 4.78 is 5.07. The fourth-order valence-electron chi connectivity index (χ4n) is 2.06. The molecule has 1 amide bonds. The smallest absolute Gasteiger partial charge is 0.277 e. The summed E-state index contributed by atoms with van der Waals surface area (Å²) in [6.45, 7) is 1.45. The van der Waals surface area contributed by atoms with Crippen molar-refractivity contribution in [1.29, 1.82) is 0 Å². The zero-order valence-corrected chi connectivity index (χ0v) is 12.7. The molecule has 1 aromatic carbocycles. The molecule has 0 spiro atoms. The maximum Gasteiger partial charge on any atom is 0.277 e. The molecule has 0 aliphatic carbocycles. The topological polar surface area (TPSA) is 80.0 Å². The van der Waals surface area contributed by atoms with Gasteiger partial charge in [0.1, 0.15) is 10.7 Å². The maximum atomic E-state index is 12.3. The Morgan fingerprint density at radius 3 is 2.48 bits per heavy atom. The van der Waals surface area contributed by atoms with Gasteiger partial charge in [-0.3, -0.25) is 10.2 Å². The van der Waals surface area contributed by atoms with E-state index in [1.165, 1.54) is 0 Å². The number of hydrogen-bond donors (Lipinski definition) is 2. The first-order chi connectivity index (χ1) is 10.1. The first-order valence-electron chi connectivity index (χ1n) is 6.68. The third-order valence-electron chi connectivity index (χ3n) is 3.22. The first kappa shape index (κ1) is 15.2. The Hall–Kier alpha value is -2.15. The molecule has 7 heteroatoms. The minimum Gasteiger partial charge on any atom is -0.497 e. The van der Waals surface area contributed by atoms with Gasteiger partial charge in [0.2, 0.25) is 0 Å². The van der Waals surface area contributed by atoms with Crippen LogP contribution in [0.15, 0.2) is 29.4 Å². The van der Waals surface area contributed by atoms with Crippen LogP contribution in [0.4, 0.5) is 5.69 Å². The normalized spacial score (nSPS) is 14.9. The van der Waals surface area contributed by atoms with Crippen molar-refractivity contribution in [3.8, 4) is 5.75 Å². The number of nitrogens with zero attached hydrogens (tertiary/aromatic N) is 2. The molecule has 0 unspecified atom stereocenters. The van der Waals surface area contributed by atoms with Gasteiger partial charge in [-0.1, -0.05) is 12.2 Å². The number of hydrogen-bond acceptors (Lipinski definition) is 5. The Morgan fingerprint density at radius 1 is 1.33 bits per heavy atom. The third kappa shape index (κ3) is 3.91. The molecule has 1 aliphatic rings. The zero-order chi connectivity index (χ0) is 15.2. The average molecular weight is 306 g/mol. The summed E-state index contributed by atoms with van der Waals surface area (Å²) in [6.07, 6.45) is 2.00. The summed E-state index contributed by atoms with van der Waals surface area (Å²) in [4.78, 5) is 14.0. The number of amides is 1. The number of anilines is 1. The van der Waals surface area contributed by atoms with E-state index in [0.717, 1.165) is 37.4 Å². The van der Waals surface area contributed by atoms with E-state index >= 15 is 0 Å². The SMILES string of the molecule is COc1ccc(N/N=C(\C(=O)N2CCCC2)C(N)=S)cc1. The van der Waals surface area contributed by atoms with Crippen LogP contribution >= 0.6 is 12.2 Å². The largest absolute Gasteiger partial charge is 0.497 e. The van der Waals surface area contributed by atoms with E-state index in [1.54, 1.807) is 36.3 Å². The molecule has 1 aromatic rings. The molecular formula is C14H18N4O2S. The fraction of sp³-hybridized carbons (Fsp3) is 0.357. The van der Waals surface area contributed by atoms with Crippen molar-refractivity contribution in [3.05, 3.63) is 24.3 Å². The molecule has 0 atom stereocenters. The molecule has 21 heavy (non-hydrogen) atoms.